The van der Waals surface area contributed by atoms with Crippen LogP contribution in [0.4, 0.5) is 0 Å². The van der Waals surface area contributed by atoms with Crippen LogP contribution >= 0.6 is 11.3 Å². The number of thiophene rings is 1. The van der Waals surface area contributed by atoms with E-state index in [1.807, 2.05) is 6.07 Å². The first-order chi connectivity index (χ1) is 7.75. The van der Waals surface area contributed by atoms with Crippen molar-refractivity contribution in [2.45, 2.75) is 13.8 Å². The number of pyridine rings is 1. The van der Waals surface area contributed by atoms with E-state index in [9.17, 15) is 0 Å². The van der Waals surface area contributed by atoms with Crippen LogP contribution in [0, 0.1) is 13.8 Å². The van der Waals surface area contributed by atoms with E-state index in [0.717, 1.165) is 17.0 Å². The molecule has 0 aliphatic carbocycles. The Morgan fingerprint density at radius 3 is 2.75 bits per heavy atom. The SMILES string of the molecule is Cc1cscc1-c1nc2nccc(C)c2[nH]1. The zero-order valence-corrected chi connectivity index (χ0v) is 9.93. The molecule has 0 radical (unpaired) electrons. The lowest BCUT2D eigenvalue weighted by Gasteiger charge is -1.93. The minimum absolute atomic E-state index is 0.792. The number of hydrogen-bond donors (Lipinski definition) is 1. The van der Waals surface area contributed by atoms with Crippen LogP contribution in [0.2, 0.25) is 0 Å². The second-order valence-electron chi connectivity index (χ2n) is 3.88. The topological polar surface area (TPSA) is 41.6 Å². The number of aromatic nitrogens is 3. The molecular weight excluding hydrogens is 218 g/mol. The Kier molecular flexibility index (Phi) is 2.04. The summed E-state index contributed by atoms with van der Waals surface area (Å²) in [6, 6.07) is 1.99. The van der Waals surface area contributed by atoms with Crippen LogP contribution in [0.1, 0.15) is 11.1 Å². The van der Waals surface area contributed by atoms with E-state index in [4.69, 9.17) is 0 Å². The molecule has 0 unspecified atom stereocenters. The predicted molar refractivity (Wildman–Crippen MR) is 66.7 cm³/mol. The average Bonchev–Trinajstić information content (AvgIpc) is 2.84. The zero-order valence-electron chi connectivity index (χ0n) is 9.11. The molecule has 0 bridgehead atoms. The second-order valence-corrected chi connectivity index (χ2v) is 4.62. The van der Waals surface area contributed by atoms with Crippen LogP contribution in [0.3, 0.4) is 0 Å². The van der Waals surface area contributed by atoms with Gasteiger partial charge in [0, 0.05) is 17.1 Å². The highest BCUT2D eigenvalue weighted by Crippen LogP contribution is 2.26. The summed E-state index contributed by atoms with van der Waals surface area (Å²) >= 11 is 1.69. The van der Waals surface area contributed by atoms with Crippen LogP contribution in [0.25, 0.3) is 22.6 Å². The van der Waals surface area contributed by atoms with Crippen molar-refractivity contribution < 1.29 is 0 Å². The first-order valence-electron chi connectivity index (χ1n) is 5.10. The summed E-state index contributed by atoms with van der Waals surface area (Å²) in [6.07, 6.45) is 1.79. The number of aryl methyl sites for hydroxylation is 2. The minimum Gasteiger partial charge on any atom is -0.336 e. The van der Waals surface area contributed by atoms with Gasteiger partial charge in [-0.1, -0.05) is 0 Å². The standard InChI is InChI=1S/C12H11N3S/c1-7-3-4-13-12-10(7)14-11(15-12)9-6-16-5-8(9)2/h3-6H,1-2H3,(H,13,14,15). The molecule has 0 saturated heterocycles. The van der Waals surface area contributed by atoms with Crippen molar-refractivity contribution in [3.05, 3.63) is 34.2 Å². The normalized spacial score (nSPS) is 11.1. The van der Waals surface area contributed by atoms with Crippen LogP contribution in [-0.4, -0.2) is 15.0 Å². The molecule has 0 saturated carbocycles. The summed E-state index contributed by atoms with van der Waals surface area (Å²) in [4.78, 5) is 12.1. The van der Waals surface area contributed by atoms with Gasteiger partial charge in [0.05, 0.1) is 5.52 Å². The molecule has 0 amide bonds. The van der Waals surface area contributed by atoms with Gasteiger partial charge in [-0.3, -0.25) is 0 Å². The van der Waals surface area contributed by atoms with Gasteiger partial charge in [0.1, 0.15) is 5.82 Å². The number of hydrogen-bond acceptors (Lipinski definition) is 3. The van der Waals surface area contributed by atoms with Crippen molar-refractivity contribution >= 4 is 22.5 Å². The lowest BCUT2D eigenvalue weighted by molar-refractivity contribution is 1.29. The van der Waals surface area contributed by atoms with Crippen molar-refractivity contribution in [1.82, 2.24) is 15.0 Å². The molecule has 0 atom stereocenters. The highest BCUT2D eigenvalue weighted by molar-refractivity contribution is 7.08. The first kappa shape index (κ1) is 9.54. The molecule has 3 heterocycles. The maximum Gasteiger partial charge on any atom is 0.178 e. The molecule has 3 aromatic heterocycles. The molecule has 0 aliphatic rings. The lowest BCUT2D eigenvalue weighted by Crippen LogP contribution is -1.79. The first-order valence-corrected chi connectivity index (χ1v) is 6.04. The Morgan fingerprint density at radius 2 is 2.06 bits per heavy atom. The molecule has 0 aromatic carbocycles. The van der Waals surface area contributed by atoms with Crippen LogP contribution in [0.5, 0.6) is 0 Å². The molecule has 1 N–H and O–H groups in total. The molecule has 3 aromatic rings. The molecule has 0 aliphatic heterocycles. The summed E-state index contributed by atoms with van der Waals surface area (Å²) in [5.74, 6) is 0.913. The second kappa shape index (κ2) is 3.42. The smallest absolute Gasteiger partial charge is 0.178 e. The third kappa shape index (κ3) is 1.34. The van der Waals surface area contributed by atoms with E-state index in [2.05, 4.69) is 39.6 Å². The van der Waals surface area contributed by atoms with E-state index < -0.39 is 0 Å². The van der Waals surface area contributed by atoms with Gasteiger partial charge in [-0.25, -0.2) is 9.97 Å². The average molecular weight is 229 g/mol. The van der Waals surface area contributed by atoms with Crippen molar-refractivity contribution in [1.29, 1.82) is 0 Å². The number of rotatable bonds is 1. The van der Waals surface area contributed by atoms with Gasteiger partial charge in [0.15, 0.2) is 5.65 Å². The summed E-state index contributed by atoms with van der Waals surface area (Å²) in [6.45, 7) is 4.16. The van der Waals surface area contributed by atoms with E-state index in [0.29, 0.717) is 0 Å². The van der Waals surface area contributed by atoms with Crippen LogP contribution in [-0.2, 0) is 0 Å². The lowest BCUT2D eigenvalue weighted by atomic mass is 10.2. The van der Waals surface area contributed by atoms with E-state index in [1.54, 1.807) is 17.5 Å². The van der Waals surface area contributed by atoms with Gasteiger partial charge in [-0.2, -0.15) is 11.3 Å². The molecule has 0 fully saturated rings. The largest absolute Gasteiger partial charge is 0.336 e. The number of nitrogens with one attached hydrogen (secondary N) is 1. The Balaban J connectivity index is 2.27. The fourth-order valence-corrected chi connectivity index (χ4v) is 2.60. The highest BCUT2D eigenvalue weighted by atomic mass is 32.1. The summed E-state index contributed by atoms with van der Waals surface area (Å²) < 4.78 is 0. The van der Waals surface area contributed by atoms with Crippen LogP contribution in [0.15, 0.2) is 23.0 Å². The zero-order chi connectivity index (χ0) is 11.1. The number of imidazole rings is 1. The Bertz CT molecular complexity index is 651. The summed E-state index contributed by atoms with van der Waals surface area (Å²) in [5.41, 5.74) is 5.42. The Morgan fingerprint density at radius 1 is 1.19 bits per heavy atom. The van der Waals surface area contributed by atoms with Crippen molar-refractivity contribution in [2.75, 3.05) is 0 Å². The van der Waals surface area contributed by atoms with Gasteiger partial charge < -0.3 is 4.98 Å². The maximum absolute atomic E-state index is 4.52. The number of nitrogens with zero attached hydrogens (tertiary/aromatic N) is 2. The summed E-state index contributed by atoms with van der Waals surface area (Å²) in [5, 5.41) is 4.24. The molecule has 80 valence electrons. The Labute approximate surface area is 97.2 Å². The Hall–Kier alpha value is -1.68. The number of fused-ring (bicyclic) bond motifs is 1. The highest BCUT2D eigenvalue weighted by Gasteiger charge is 2.10. The molecular formula is C12H11N3S. The van der Waals surface area contributed by atoms with Crippen molar-refractivity contribution in [3.63, 3.8) is 0 Å². The molecule has 3 nitrogen and oxygen atoms in total. The third-order valence-electron chi connectivity index (χ3n) is 2.71. The monoisotopic (exact) mass is 229 g/mol. The van der Waals surface area contributed by atoms with E-state index in [1.165, 1.54) is 16.7 Å². The molecule has 16 heavy (non-hydrogen) atoms. The van der Waals surface area contributed by atoms with Gasteiger partial charge in [-0.15, -0.1) is 0 Å². The van der Waals surface area contributed by atoms with Gasteiger partial charge in [0.25, 0.3) is 0 Å². The van der Waals surface area contributed by atoms with E-state index in [-0.39, 0.29) is 0 Å². The molecule has 0 spiro atoms. The van der Waals surface area contributed by atoms with Gasteiger partial charge in [0.2, 0.25) is 0 Å². The van der Waals surface area contributed by atoms with Gasteiger partial charge >= 0.3 is 0 Å². The van der Waals surface area contributed by atoms with Crippen molar-refractivity contribution in [3.8, 4) is 11.4 Å². The van der Waals surface area contributed by atoms with E-state index >= 15 is 0 Å². The minimum atomic E-state index is 0.792. The maximum atomic E-state index is 4.52. The number of aromatic amines is 1. The fraction of sp³-hybridized carbons (Fsp3) is 0.167. The summed E-state index contributed by atoms with van der Waals surface area (Å²) in [7, 11) is 0. The molecule has 3 rings (SSSR count). The quantitative estimate of drug-likeness (QED) is 0.695. The molecule has 4 heteroatoms. The fourth-order valence-electron chi connectivity index (χ4n) is 1.77. The van der Waals surface area contributed by atoms with Crippen LogP contribution < -0.4 is 0 Å². The third-order valence-corrected chi connectivity index (χ3v) is 3.57. The predicted octanol–water partition coefficient (Wildman–Crippen LogP) is 3.30. The number of H-pyrrole nitrogens is 1. The van der Waals surface area contributed by atoms with Crippen molar-refractivity contribution in [2.24, 2.45) is 0 Å². The van der Waals surface area contributed by atoms with Gasteiger partial charge in [-0.05, 0) is 36.4 Å².